The Labute approximate surface area is 109 Å². The van der Waals surface area contributed by atoms with Crippen LogP contribution in [0.25, 0.3) is 22.3 Å². The molecule has 3 rings (SSSR count). The highest BCUT2D eigenvalue weighted by Crippen LogP contribution is 2.21. The Morgan fingerprint density at radius 2 is 1.95 bits per heavy atom. The molecule has 3 N–H and O–H groups in total. The third-order valence-electron chi connectivity index (χ3n) is 3.18. The maximum Gasteiger partial charge on any atom is 0.281 e. The summed E-state index contributed by atoms with van der Waals surface area (Å²) in [7, 11) is 0. The van der Waals surface area contributed by atoms with Crippen molar-refractivity contribution in [3.8, 4) is 11.4 Å². The molecule has 1 heterocycles. The monoisotopic (exact) mass is 251 g/mol. The van der Waals surface area contributed by atoms with Crippen LogP contribution in [-0.4, -0.2) is 9.97 Å². The minimum absolute atomic E-state index is 0.233. The van der Waals surface area contributed by atoms with E-state index in [2.05, 4.69) is 9.97 Å². The van der Waals surface area contributed by atoms with Gasteiger partial charge in [-0.05, 0) is 30.7 Å². The predicted octanol–water partition coefficient (Wildman–Crippen LogP) is 2.48. The minimum Gasteiger partial charge on any atom is -0.398 e. The number of nitrogens with zero attached hydrogens (tertiary/aromatic N) is 1. The van der Waals surface area contributed by atoms with Gasteiger partial charge in [0.1, 0.15) is 5.82 Å². The fraction of sp³-hybridized carbons (Fsp3) is 0.0667. The third kappa shape index (κ3) is 1.97. The molecule has 0 amide bonds. The first-order valence-electron chi connectivity index (χ1n) is 6.01. The van der Waals surface area contributed by atoms with Crippen LogP contribution in [-0.2, 0) is 0 Å². The molecule has 0 spiro atoms. The molecule has 0 bridgehead atoms. The first kappa shape index (κ1) is 11.5. The van der Waals surface area contributed by atoms with E-state index in [4.69, 9.17) is 5.73 Å². The predicted molar refractivity (Wildman–Crippen MR) is 76.9 cm³/mol. The van der Waals surface area contributed by atoms with Gasteiger partial charge in [-0.1, -0.05) is 24.3 Å². The topological polar surface area (TPSA) is 71.8 Å². The van der Waals surface area contributed by atoms with Gasteiger partial charge in [-0.2, -0.15) is 4.98 Å². The molecule has 1 aromatic heterocycles. The van der Waals surface area contributed by atoms with E-state index < -0.39 is 0 Å². The number of nitrogens with two attached hydrogens (primary N) is 1. The van der Waals surface area contributed by atoms with Gasteiger partial charge in [0.05, 0.1) is 10.9 Å². The van der Waals surface area contributed by atoms with Gasteiger partial charge in [0, 0.05) is 11.3 Å². The van der Waals surface area contributed by atoms with Crippen LogP contribution in [0, 0.1) is 6.92 Å². The Morgan fingerprint density at radius 1 is 1.16 bits per heavy atom. The van der Waals surface area contributed by atoms with Crippen LogP contribution in [0.3, 0.4) is 0 Å². The van der Waals surface area contributed by atoms with Gasteiger partial charge in [0.15, 0.2) is 0 Å². The molecule has 0 aliphatic heterocycles. The zero-order valence-electron chi connectivity index (χ0n) is 10.5. The summed E-state index contributed by atoms with van der Waals surface area (Å²) in [6, 6.07) is 13.0. The maximum atomic E-state index is 12.0. The highest BCUT2D eigenvalue weighted by molar-refractivity contribution is 5.79. The summed E-state index contributed by atoms with van der Waals surface area (Å²) in [4.78, 5) is 19.2. The zero-order chi connectivity index (χ0) is 13.4. The van der Waals surface area contributed by atoms with Crippen molar-refractivity contribution in [3.05, 3.63) is 58.4 Å². The molecule has 0 aliphatic carbocycles. The van der Waals surface area contributed by atoms with Gasteiger partial charge >= 0.3 is 0 Å². The van der Waals surface area contributed by atoms with Crippen LogP contribution < -0.4 is 11.3 Å². The number of aryl methyl sites for hydroxylation is 1. The second-order valence-electron chi connectivity index (χ2n) is 4.51. The summed E-state index contributed by atoms with van der Waals surface area (Å²) in [6.45, 7) is 1.94. The number of hydrogen-bond donors (Lipinski definition) is 2. The second-order valence-corrected chi connectivity index (χ2v) is 4.51. The fourth-order valence-electron chi connectivity index (χ4n) is 2.02. The number of aromatic amines is 1. The largest absolute Gasteiger partial charge is 0.398 e. The molecule has 4 nitrogen and oxygen atoms in total. The minimum atomic E-state index is -0.233. The average molecular weight is 251 g/mol. The van der Waals surface area contributed by atoms with Crippen molar-refractivity contribution in [2.45, 2.75) is 6.92 Å². The molecule has 94 valence electrons. The number of nitrogens with one attached hydrogen (secondary N) is 1. The summed E-state index contributed by atoms with van der Waals surface area (Å²) < 4.78 is 0. The van der Waals surface area contributed by atoms with Crippen LogP contribution >= 0.6 is 0 Å². The molecule has 19 heavy (non-hydrogen) atoms. The van der Waals surface area contributed by atoms with Crippen molar-refractivity contribution >= 4 is 16.6 Å². The standard InChI is InChI=1S/C15H13N3O/c1-9-6-7-10(8-12(9)16)14-17-13-5-3-2-4-11(13)15(19)18-14/h2-8H,16H2,1H3,(H,17,18,19). The summed E-state index contributed by atoms with van der Waals surface area (Å²) >= 11 is 0. The highest BCUT2D eigenvalue weighted by atomic mass is 16.1. The molecule has 0 unspecified atom stereocenters. The number of anilines is 1. The molecule has 0 saturated heterocycles. The van der Waals surface area contributed by atoms with Crippen molar-refractivity contribution < 1.29 is 0 Å². The Hall–Kier alpha value is -2.62. The van der Waals surface area contributed by atoms with Crippen LogP contribution in [0.15, 0.2) is 47.3 Å². The number of aromatic nitrogens is 2. The van der Waals surface area contributed by atoms with E-state index in [9.17, 15) is 4.79 Å². The molecule has 0 atom stereocenters. The summed E-state index contributed by atoms with van der Waals surface area (Å²) in [5, 5.41) is 0.589. The lowest BCUT2D eigenvalue weighted by Crippen LogP contribution is -2.09. The lowest BCUT2D eigenvalue weighted by molar-refractivity contribution is 1.18. The SMILES string of the molecule is Cc1ccc(-c2nc(=O)c3ccccc3[nH]2)cc1N. The van der Waals surface area contributed by atoms with Crippen molar-refractivity contribution in [3.63, 3.8) is 0 Å². The van der Waals surface area contributed by atoms with Crippen LogP contribution in [0.2, 0.25) is 0 Å². The number of rotatable bonds is 1. The first-order valence-corrected chi connectivity index (χ1v) is 6.01. The van der Waals surface area contributed by atoms with Gasteiger partial charge in [-0.15, -0.1) is 0 Å². The normalized spacial score (nSPS) is 10.8. The first-order chi connectivity index (χ1) is 9.15. The molecule has 0 radical (unpaired) electrons. The Bertz CT molecular complexity index is 821. The van der Waals surface area contributed by atoms with Crippen molar-refractivity contribution in [1.29, 1.82) is 0 Å². The quantitative estimate of drug-likeness (QED) is 0.653. The zero-order valence-corrected chi connectivity index (χ0v) is 10.5. The van der Waals surface area contributed by atoms with E-state index in [0.717, 1.165) is 16.6 Å². The summed E-state index contributed by atoms with van der Waals surface area (Å²) in [5.41, 5.74) is 8.94. The van der Waals surface area contributed by atoms with Gasteiger partial charge in [-0.3, -0.25) is 4.79 Å². The van der Waals surface area contributed by atoms with E-state index in [-0.39, 0.29) is 5.56 Å². The Balaban J connectivity index is 2.25. The average Bonchev–Trinajstić information content (AvgIpc) is 2.42. The van der Waals surface area contributed by atoms with Crippen molar-refractivity contribution in [1.82, 2.24) is 9.97 Å². The van der Waals surface area contributed by atoms with Gasteiger partial charge in [-0.25, -0.2) is 0 Å². The molecule has 3 aromatic rings. The number of fused-ring (bicyclic) bond motifs is 1. The van der Waals surface area contributed by atoms with Crippen LogP contribution in [0.5, 0.6) is 0 Å². The van der Waals surface area contributed by atoms with E-state index in [1.807, 2.05) is 43.3 Å². The Kier molecular flexibility index (Phi) is 2.56. The van der Waals surface area contributed by atoms with E-state index >= 15 is 0 Å². The van der Waals surface area contributed by atoms with E-state index in [0.29, 0.717) is 16.9 Å². The maximum absolute atomic E-state index is 12.0. The van der Waals surface area contributed by atoms with Gasteiger partial charge < -0.3 is 10.7 Å². The van der Waals surface area contributed by atoms with Crippen LogP contribution in [0.4, 0.5) is 5.69 Å². The summed E-state index contributed by atoms with van der Waals surface area (Å²) in [6.07, 6.45) is 0. The Morgan fingerprint density at radius 3 is 2.74 bits per heavy atom. The number of nitrogen functional groups attached to an aromatic ring is 1. The smallest absolute Gasteiger partial charge is 0.281 e. The van der Waals surface area contributed by atoms with Crippen molar-refractivity contribution in [2.75, 3.05) is 5.73 Å². The molecule has 0 saturated carbocycles. The number of benzene rings is 2. The highest BCUT2D eigenvalue weighted by Gasteiger charge is 2.06. The van der Waals surface area contributed by atoms with E-state index in [1.54, 1.807) is 6.07 Å². The summed E-state index contributed by atoms with van der Waals surface area (Å²) in [5.74, 6) is 0.537. The van der Waals surface area contributed by atoms with Crippen LogP contribution in [0.1, 0.15) is 5.56 Å². The lowest BCUT2D eigenvalue weighted by Gasteiger charge is -2.06. The van der Waals surface area contributed by atoms with Gasteiger partial charge in [0.2, 0.25) is 0 Å². The number of para-hydroxylation sites is 1. The number of H-pyrrole nitrogens is 1. The molecular formula is C15H13N3O. The molecule has 4 heteroatoms. The molecular weight excluding hydrogens is 238 g/mol. The van der Waals surface area contributed by atoms with Gasteiger partial charge in [0.25, 0.3) is 5.56 Å². The lowest BCUT2D eigenvalue weighted by atomic mass is 10.1. The fourth-order valence-corrected chi connectivity index (χ4v) is 2.02. The third-order valence-corrected chi connectivity index (χ3v) is 3.18. The molecule has 0 aliphatic rings. The molecule has 0 fully saturated rings. The number of hydrogen-bond acceptors (Lipinski definition) is 3. The van der Waals surface area contributed by atoms with E-state index in [1.165, 1.54) is 0 Å². The van der Waals surface area contributed by atoms with Crippen molar-refractivity contribution in [2.24, 2.45) is 0 Å². The molecule has 2 aromatic carbocycles. The second kappa shape index (κ2) is 4.24.